The van der Waals surface area contributed by atoms with E-state index in [4.69, 9.17) is 9.47 Å². The molecule has 3 heteroatoms. The summed E-state index contributed by atoms with van der Waals surface area (Å²) in [6, 6.07) is 16.9. The molecule has 0 aliphatic heterocycles. The van der Waals surface area contributed by atoms with Crippen molar-refractivity contribution >= 4 is 0 Å². The highest BCUT2D eigenvalue weighted by Crippen LogP contribution is 2.15. The molecular weight excluding hydrogens is 286 g/mol. The fourth-order valence-corrected chi connectivity index (χ4v) is 2.49. The fourth-order valence-electron chi connectivity index (χ4n) is 2.49. The summed E-state index contributed by atoms with van der Waals surface area (Å²) in [6.45, 7) is 5.94. The van der Waals surface area contributed by atoms with E-state index in [0.717, 1.165) is 24.5 Å². The first kappa shape index (κ1) is 17.4. The Bertz CT molecular complexity index is 595. The number of aryl methyl sites for hydroxylation is 1. The van der Waals surface area contributed by atoms with Gasteiger partial charge in [0, 0.05) is 12.6 Å². The van der Waals surface area contributed by atoms with Gasteiger partial charge >= 0.3 is 0 Å². The van der Waals surface area contributed by atoms with Gasteiger partial charge in [-0.2, -0.15) is 0 Å². The molecule has 1 unspecified atom stereocenters. The van der Waals surface area contributed by atoms with Crippen LogP contribution in [-0.4, -0.2) is 38.3 Å². The van der Waals surface area contributed by atoms with Crippen molar-refractivity contribution < 1.29 is 9.47 Å². The van der Waals surface area contributed by atoms with Gasteiger partial charge in [0.05, 0.1) is 7.11 Å². The van der Waals surface area contributed by atoms with E-state index in [2.05, 4.69) is 50.1 Å². The second-order valence-corrected chi connectivity index (χ2v) is 6.05. The number of likely N-dealkylation sites (N-methyl/N-ethyl adjacent to an activating group) is 1. The minimum absolute atomic E-state index is 0.463. The Balaban J connectivity index is 1.76. The molecule has 0 aliphatic carbocycles. The maximum atomic E-state index is 5.83. The average Bonchev–Trinajstić information content (AvgIpc) is 2.55. The van der Waals surface area contributed by atoms with Crippen LogP contribution in [0.25, 0.3) is 0 Å². The van der Waals surface area contributed by atoms with Crippen molar-refractivity contribution in [3.63, 3.8) is 0 Å². The van der Waals surface area contributed by atoms with Crippen molar-refractivity contribution in [3.05, 3.63) is 59.7 Å². The molecule has 124 valence electrons. The zero-order chi connectivity index (χ0) is 16.7. The van der Waals surface area contributed by atoms with Crippen LogP contribution >= 0.6 is 0 Å². The van der Waals surface area contributed by atoms with Crippen LogP contribution in [0.2, 0.25) is 0 Å². The molecule has 3 nitrogen and oxygen atoms in total. The molecule has 0 radical (unpaired) electrons. The van der Waals surface area contributed by atoms with E-state index in [1.54, 1.807) is 7.11 Å². The summed E-state index contributed by atoms with van der Waals surface area (Å²) in [7, 11) is 3.84. The summed E-state index contributed by atoms with van der Waals surface area (Å²) in [5.74, 6) is 1.85. The quantitative estimate of drug-likeness (QED) is 0.736. The summed E-state index contributed by atoms with van der Waals surface area (Å²) in [6.07, 6.45) is 1.02. The molecule has 0 N–H and O–H groups in total. The molecule has 0 spiro atoms. The molecular formula is C20H27NO2. The second-order valence-electron chi connectivity index (χ2n) is 6.05. The summed E-state index contributed by atoms with van der Waals surface area (Å²) < 4.78 is 11.0. The first-order valence-corrected chi connectivity index (χ1v) is 8.11. The Kier molecular flexibility index (Phi) is 6.48. The Morgan fingerprint density at radius 3 is 2.43 bits per heavy atom. The lowest BCUT2D eigenvalue weighted by Gasteiger charge is -2.25. The van der Waals surface area contributed by atoms with E-state index in [1.165, 1.54) is 11.1 Å². The highest BCUT2D eigenvalue weighted by Gasteiger charge is 2.10. The van der Waals surface area contributed by atoms with Gasteiger partial charge in [0.2, 0.25) is 0 Å². The summed E-state index contributed by atoms with van der Waals surface area (Å²) >= 11 is 0. The number of hydrogen-bond donors (Lipinski definition) is 0. The predicted octanol–water partition coefficient (Wildman–Crippen LogP) is 3.95. The normalized spacial score (nSPS) is 12.2. The number of nitrogens with zero attached hydrogens (tertiary/aromatic N) is 1. The van der Waals surface area contributed by atoms with Crippen molar-refractivity contribution in [2.75, 3.05) is 27.3 Å². The third kappa shape index (κ3) is 5.61. The van der Waals surface area contributed by atoms with Crippen LogP contribution in [0.3, 0.4) is 0 Å². The Hall–Kier alpha value is -2.00. The van der Waals surface area contributed by atoms with Gasteiger partial charge in [-0.05, 0) is 62.7 Å². The van der Waals surface area contributed by atoms with Crippen LogP contribution in [0.5, 0.6) is 11.5 Å². The van der Waals surface area contributed by atoms with E-state index >= 15 is 0 Å². The van der Waals surface area contributed by atoms with E-state index < -0.39 is 0 Å². The molecule has 0 heterocycles. The molecule has 2 aromatic carbocycles. The number of ether oxygens (including phenoxy) is 2. The molecule has 23 heavy (non-hydrogen) atoms. The predicted molar refractivity (Wildman–Crippen MR) is 95.5 cm³/mol. The number of rotatable bonds is 8. The van der Waals surface area contributed by atoms with Gasteiger partial charge in [-0.15, -0.1) is 0 Å². The lowest BCUT2D eigenvalue weighted by molar-refractivity contribution is 0.199. The van der Waals surface area contributed by atoms with Crippen molar-refractivity contribution in [1.29, 1.82) is 0 Å². The van der Waals surface area contributed by atoms with Gasteiger partial charge in [0.1, 0.15) is 18.1 Å². The first-order valence-electron chi connectivity index (χ1n) is 8.11. The number of hydrogen-bond acceptors (Lipinski definition) is 3. The molecule has 0 aliphatic rings. The minimum Gasteiger partial charge on any atom is -0.497 e. The van der Waals surface area contributed by atoms with Crippen molar-refractivity contribution in [2.45, 2.75) is 26.3 Å². The second kappa shape index (κ2) is 8.59. The zero-order valence-electron chi connectivity index (χ0n) is 14.6. The lowest BCUT2D eigenvalue weighted by atomic mass is 10.1. The van der Waals surface area contributed by atoms with Gasteiger partial charge in [0.15, 0.2) is 0 Å². The van der Waals surface area contributed by atoms with Gasteiger partial charge in [-0.25, -0.2) is 0 Å². The van der Waals surface area contributed by atoms with Crippen molar-refractivity contribution in [3.8, 4) is 11.5 Å². The van der Waals surface area contributed by atoms with Gasteiger partial charge in [-0.1, -0.05) is 24.3 Å². The molecule has 0 fully saturated rings. The van der Waals surface area contributed by atoms with Crippen LogP contribution in [0.1, 0.15) is 18.1 Å². The standard InChI is InChI=1S/C20H27NO2/c1-16-6-5-7-20(14-16)23-13-12-21(3)17(2)15-18-8-10-19(22-4)11-9-18/h5-11,14,17H,12-13,15H2,1-4H3. The third-order valence-corrected chi connectivity index (χ3v) is 4.14. The maximum absolute atomic E-state index is 5.83. The Morgan fingerprint density at radius 1 is 1.04 bits per heavy atom. The van der Waals surface area contributed by atoms with Crippen LogP contribution in [0.4, 0.5) is 0 Å². The monoisotopic (exact) mass is 313 g/mol. The van der Waals surface area contributed by atoms with Crippen molar-refractivity contribution in [1.82, 2.24) is 4.90 Å². The summed E-state index contributed by atoms with van der Waals surface area (Å²) in [5.41, 5.74) is 2.55. The Labute approximate surface area is 139 Å². The van der Waals surface area contributed by atoms with Gasteiger partial charge in [0.25, 0.3) is 0 Å². The van der Waals surface area contributed by atoms with E-state index in [0.29, 0.717) is 12.6 Å². The topological polar surface area (TPSA) is 21.7 Å². The molecule has 1 atom stereocenters. The van der Waals surface area contributed by atoms with E-state index in [-0.39, 0.29) is 0 Å². The van der Waals surface area contributed by atoms with Crippen LogP contribution in [0.15, 0.2) is 48.5 Å². The lowest BCUT2D eigenvalue weighted by Crippen LogP contribution is -2.34. The van der Waals surface area contributed by atoms with Gasteiger partial charge in [-0.3, -0.25) is 4.90 Å². The number of methoxy groups -OCH3 is 1. The molecule has 2 aromatic rings. The highest BCUT2D eigenvalue weighted by atomic mass is 16.5. The largest absolute Gasteiger partial charge is 0.497 e. The van der Waals surface area contributed by atoms with Crippen molar-refractivity contribution in [2.24, 2.45) is 0 Å². The molecule has 2 rings (SSSR count). The molecule has 0 aromatic heterocycles. The molecule has 0 saturated carbocycles. The van der Waals surface area contributed by atoms with E-state index in [9.17, 15) is 0 Å². The smallest absolute Gasteiger partial charge is 0.119 e. The minimum atomic E-state index is 0.463. The molecule has 0 amide bonds. The van der Waals surface area contributed by atoms with Crippen LogP contribution in [0, 0.1) is 6.92 Å². The highest BCUT2D eigenvalue weighted by molar-refractivity contribution is 5.28. The zero-order valence-corrected chi connectivity index (χ0v) is 14.6. The van der Waals surface area contributed by atoms with Crippen LogP contribution < -0.4 is 9.47 Å². The first-order chi connectivity index (χ1) is 11.1. The summed E-state index contributed by atoms with van der Waals surface area (Å²) in [4.78, 5) is 2.33. The van der Waals surface area contributed by atoms with E-state index in [1.807, 2.05) is 24.3 Å². The van der Waals surface area contributed by atoms with Crippen LogP contribution in [-0.2, 0) is 6.42 Å². The Morgan fingerprint density at radius 2 is 1.78 bits per heavy atom. The summed E-state index contributed by atoms with van der Waals surface area (Å²) in [5, 5.41) is 0. The molecule has 0 saturated heterocycles. The molecule has 0 bridgehead atoms. The SMILES string of the molecule is COc1ccc(CC(C)N(C)CCOc2cccc(C)c2)cc1. The maximum Gasteiger partial charge on any atom is 0.119 e. The van der Waals surface area contributed by atoms with Gasteiger partial charge < -0.3 is 9.47 Å². The fraction of sp³-hybridized carbons (Fsp3) is 0.400. The third-order valence-electron chi connectivity index (χ3n) is 4.14. The average molecular weight is 313 g/mol. The number of benzene rings is 2.